The molecular formula is C6H12O6. The zero-order chi connectivity index (χ0) is 9.72. The molecule has 72 valence electrons. The van der Waals surface area contributed by atoms with Crippen molar-refractivity contribution in [3.05, 3.63) is 0 Å². The van der Waals surface area contributed by atoms with Gasteiger partial charge in [-0.25, -0.2) is 4.79 Å². The number of aliphatic hydroxyl groups is 3. The van der Waals surface area contributed by atoms with Crippen LogP contribution in [0.5, 0.6) is 0 Å². The van der Waals surface area contributed by atoms with Gasteiger partial charge in [0, 0.05) is 0 Å². The number of carboxylic acids is 1. The van der Waals surface area contributed by atoms with E-state index in [2.05, 4.69) is 4.74 Å². The zero-order valence-corrected chi connectivity index (χ0v) is 6.54. The molecule has 0 aromatic carbocycles. The van der Waals surface area contributed by atoms with Crippen LogP contribution in [0.15, 0.2) is 0 Å². The van der Waals surface area contributed by atoms with E-state index in [0.29, 0.717) is 0 Å². The molecule has 6 nitrogen and oxygen atoms in total. The Morgan fingerprint density at radius 1 is 1.50 bits per heavy atom. The third-order valence-electron chi connectivity index (χ3n) is 1.30. The molecule has 12 heavy (non-hydrogen) atoms. The minimum atomic E-state index is -1.60. The SMILES string of the molecule is CC(O)[C@H](O)C(OCO)C(=O)O. The van der Waals surface area contributed by atoms with Crippen LogP contribution in [0.2, 0.25) is 0 Å². The van der Waals surface area contributed by atoms with E-state index in [4.69, 9.17) is 20.4 Å². The van der Waals surface area contributed by atoms with Crippen molar-refractivity contribution in [2.24, 2.45) is 0 Å². The molecule has 0 aliphatic carbocycles. The summed E-state index contributed by atoms with van der Waals surface area (Å²) in [5, 5.41) is 34.5. The minimum absolute atomic E-state index is 0.819. The highest BCUT2D eigenvalue weighted by Crippen LogP contribution is 2.04. The van der Waals surface area contributed by atoms with Crippen molar-refractivity contribution in [1.82, 2.24) is 0 Å². The standard InChI is InChI=1S/C6H12O6/c1-3(8)4(9)5(6(10)11)12-2-7/h3-5,7-9H,2H2,1H3,(H,10,11)/t3?,4-,5?/m0/s1. The van der Waals surface area contributed by atoms with Crippen molar-refractivity contribution in [2.75, 3.05) is 6.79 Å². The molecule has 2 unspecified atom stereocenters. The van der Waals surface area contributed by atoms with Gasteiger partial charge >= 0.3 is 5.97 Å². The molecule has 0 saturated carbocycles. The number of carbonyl (C=O) groups is 1. The van der Waals surface area contributed by atoms with Crippen molar-refractivity contribution in [1.29, 1.82) is 0 Å². The van der Waals surface area contributed by atoms with Gasteiger partial charge < -0.3 is 25.2 Å². The van der Waals surface area contributed by atoms with E-state index in [9.17, 15) is 4.79 Å². The Bertz CT molecular complexity index is 145. The maximum atomic E-state index is 10.3. The van der Waals surface area contributed by atoms with E-state index in [1.54, 1.807) is 0 Å². The van der Waals surface area contributed by atoms with Gasteiger partial charge in [0.2, 0.25) is 0 Å². The number of aliphatic carboxylic acids is 1. The van der Waals surface area contributed by atoms with Gasteiger partial charge in [0.05, 0.1) is 6.10 Å². The Morgan fingerprint density at radius 2 is 2.00 bits per heavy atom. The van der Waals surface area contributed by atoms with Crippen LogP contribution < -0.4 is 0 Å². The lowest BCUT2D eigenvalue weighted by molar-refractivity contribution is -0.174. The molecule has 0 aliphatic heterocycles. The van der Waals surface area contributed by atoms with Gasteiger partial charge in [-0.15, -0.1) is 0 Å². The summed E-state index contributed by atoms with van der Waals surface area (Å²) in [7, 11) is 0. The summed E-state index contributed by atoms with van der Waals surface area (Å²) in [6, 6.07) is 0. The fourth-order valence-corrected chi connectivity index (χ4v) is 0.649. The van der Waals surface area contributed by atoms with E-state index < -0.39 is 31.1 Å². The van der Waals surface area contributed by atoms with Crippen LogP contribution in [-0.4, -0.2) is 51.5 Å². The lowest BCUT2D eigenvalue weighted by Gasteiger charge is -2.20. The number of carboxylic acid groups (broad SMARTS) is 1. The third kappa shape index (κ3) is 3.14. The quantitative estimate of drug-likeness (QED) is 0.370. The average Bonchev–Trinajstić information content (AvgIpc) is 1.98. The Balaban J connectivity index is 4.18. The lowest BCUT2D eigenvalue weighted by Crippen LogP contribution is -2.43. The smallest absolute Gasteiger partial charge is 0.335 e. The summed E-state index contributed by atoms with van der Waals surface area (Å²) in [5.41, 5.74) is 0. The van der Waals surface area contributed by atoms with Gasteiger partial charge in [0.15, 0.2) is 6.10 Å². The van der Waals surface area contributed by atoms with E-state index in [1.807, 2.05) is 0 Å². The first-order chi connectivity index (χ1) is 5.50. The third-order valence-corrected chi connectivity index (χ3v) is 1.30. The monoisotopic (exact) mass is 180 g/mol. The summed E-state index contributed by atoms with van der Waals surface area (Å²) in [6.45, 7) is 0.405. The van der Waals surface area contributed by atoms with Crippen LogP contribution in [0.3, 0.4) is 0 Å². The molecule has 0 fully saturated rings. The highest BCUT2D eigenvalue weighted by molar-refractivity contribution is 5.73. The molecule has 0 saturated heterocycles. The van der Waals surface area contributed by atoms with Crippen molar-refractivity contribution < 1.29 is 30.0 Å². The van der Waals surface area contributed by atoms with Crippen molar-refractivity contribution in [3.63, 3.8) is 0 Å². The lowest BCUT2D eigenvalue weighted by atomic mass is 10.1. The Kier molecular flexibility index (Phi) is 4.75. The van der Waals surface area contributed by atoms with Gasteiger partial charge in [0.25, 0.3) is 0 Å². The Morgan fingerprint density at radius 3 is 2.25 bits per heavy atom. The maximum absolute atomic E-state index is 10.3. The Hall–Kier alpha value is -0.690. The molecule has 0 amide bonds. The van der Waals surface area contributed by atoms with Crippen LogP contribution in [0.4, 0.5) is 0 Å². The van der Waals surface area contributed by atoms with Crippen LogP contribution in [0, 0.1) is 0 Å². The van der Waals surface area contributed by atoms with Gasteiger partial charge in [-0.1, -0.05) is 0 Å². The molecule has 0 heterocycles. The van der Waals surface area contributed by atoms with Crippen LogP contribution in [-0.2, 0) is 9.53 Å². The highest BCUT2D eigenvalue weighted by atomic mass is 16.6. The topological polar surface area (TPSA) is 107 Å². The van der Waals surface area contributed by atoms with E-state index in [0.717, 1.165) is 0 Å². The normalized spacial score (nSPS) is 18.3. The summed E-state index contributed by atoms with van der Waals surface area (Å²) >= 11 is 0. The molecule has 0 spiro atoms. The van der Waals surface area contributed by atoms with Gasteiger partial charge in [-0.05, 0) is 6.92 Å². The van der Waals surface area contributed by atoms with E-state index in [1.165, 1.54) is 6.92 Å². The van der Waals surface area contributed by atoms with Crippen LogP contribution >= 0.6 is 0 Å². The number of aliphatic hydroxyl groups excluding tert-OH is 3. The van der Waals surface area contributed by atoms with E-state index in [-0.39, 0.29) is 0 Å². The summed E-state index contributed by atoms with van der Waals surface area (Å²) < 4.78 is 4.27. The molecule has 4 N–H and O–H groups in total. The Labute approximate surface area is 69.0 Å². The van der Waals surface area contributed by atoms with Crippen molar-refractivity contribution in [2.45, 2.75) is 25.2 Å². The number of hydrogen-bond acceptors (Lipinski definition) is 5. The molecule has 0 aromatic rings. The number of rotatable bonds is 5. The average molecular weight is 180 g/mol. The predicted octanol–water partition coefficient (Wildman–Crippen LogP) is -1.85. The first-order valence-corrected chi connectivity index (χ1v) is 3.32. The van der Waals surface area contributed by atoms with Crippen LogP contribution in [0.25, 0.3) is 0 Å². The van der Waals surface area contributed by atoms with Gasteiger partial charge in [-0.2, -0.15) is 0 Å². The molecule has 0 bridgehead atoms. The molecule has 0 radical (unpaired) electrons. The zero-order valence-electron chi connectivity index (χ0n) is 6.54. The summed E-state index contributed by atoms with van der Waals surface area (Å²) in [6.07, 6.45) is -4.37. The molecule has 0 aliphatic rings. The second kappa shape index (κ2) is 5.04. The first kappa shape index (κ1) is 11.3. The number of ether oxygens (including phenoxy) is 1. The largest absolute Gasteiger partial charge is 0.479 e. The maximum Gasteiger partial charge on any atom is 0.335 e. The van der Waals surface area contributed by atoms with Crippen molar-refractivity contribution in [3.8, 4) is 0 Å². The van der Waals surface area contributed by atoms with Crippen LogP contribution in [0.1, 0.15) is 6.92 Å². The number of hydrogen-bond donors (Lipinski definition) is 4. The fraction of sp³-hybridized carbons (Fsp3) is 0.833. The molecule has 6 heteroatoms. The minimum Gasteiger partial charge on any atom is -0.479 e. The fourth-order valence-electron chi connectivity index (χ4n) is 0.649. The predicted molar refractivity (Wildman–Crippen MR) is 37.3 cm³/mol. The van der Waals surface area contributed by atoms with Crippen molar-refractivity contribution >= 4 is 5.97 Å². The van der Waals surface area contributed by atoms with Gasteiger partial charge in [-0.3, -0.25) is 0 Å². The highest BCUT2D eigenvalue weighted by Gasteiger charge is 2.30. The molecular weight excluding hydrogens is 168 g/mol. The summed E-state index contributed by atoms with van der Waals surface area (Å²) in [4.78, 5) is 10.3. The molecule has 0 aromatic heterocycles. The second-order valence-electron chi connectivity index (χ2n) is 2.29. The van der Waals surface area contributed by atoms with Gasteiger partial charge in [0.1, 0.15) is 12.9 Å². The van der Waals surface area contributed by atoms with E-state index >= 15 is 0 Å². The second-order valence-corrected chi connectivity index (χ2v) is 2.29. The molecule has 3 atom stereocenters. The first-order valence-electron chi connectivity index (χ1n) is 3.32. The molecule has 0 rings (SSSR count). The summed E-state index contributed by atoms with van der Waals surface area (Å²) in [5.74, 6) is -1.43.